The zero-order valence-corrected chi connectivity index (χ0v) is 18.2. The van der Waals surface area contributed by atoms with Crippen LogP contribution in [0.15, 0.2) is 0 Å². The van der Waals surface area contributed by atoms with Crippen LogP contribution < -0.4 is 0 Å². The minimum Gasteiger partial charge on any atom is -0.481 e. The van der Waals surface area contributed by atoms with Crippen molar-refractivity contribution in [3.05, 3.63) is 0 Å². The first-order valence-corrected chi connectivity index (χ1v) is 11.8. The lowest BCUT2D eigenvalue weighted by molar-refractivity contribution is -0.186. The fourth-order valence-corrected chi connectivity index (χ4v) is 8.73. The predicted octanol–water partition coefficient (Wildman–Crippen LogP) is 4.43. The van der Waals surface area contributed by atoms with Gasteiger partial charge in [-0.25, -0.2) is 4.39 Å². The lowest BCUT2D eigenvalue weighted by atomic mass is 9.43. The lowest BCUT2D eigenvalue weighted by Crippen LogP contribution is -2.60. The average Bonchev–Trinajstić information content (AvgIpc) is 2.99. The Kier molecular flexibility index (Phi) is 5.55. The standard InChI is InChI=1S/C24H39FO4/c1-13(4-7-21(28)29)15-5-6-16-22-17(8-9-23(15,16)2)24(3)12-18(25)19(26)10-14(24)11-20(22)27/h13-20,22,26-27H,4-12H2,1-3H3,(H,28,29)/t13-,14+,15-,16+,17+,18+,19+,20-,22+,23-,24+/m1/s1. The summed E-state index contributed by atoms with van der Waals surface area (Å²) in [6, 6.07) is 0. The summed E-state index contributed by atoms with van der Waals surface area (Å²) in [5, 5.41) is 30.4. The Morgan fingerprint density at radius 3 is 2.41 bits per heavy atom. The smallest absolute Gasteiger partial charge is 0.303 e. The second kappa shape index (κ2) is 7.47. The van der Waals surface area contributed by atoms with Gasteiger partial charge in [-0.15, -0.1) is 0 Å². The maximum absolute atomic E-state index is 14.5. The van der Waals surface area contributed by atoms with E-state index < -0.39 is 18.2 Å². The average molecular weight is 411 g/mol. The summed E-state index contributed by atoms with van der Waals surface area (Å²) >= 11 is 0. The number of fused-ring (bicyclic) bond motifs is 5. The Bertz CT molecular complexity index is 640. The number of aliphatic hydroxyl groups excluding tert-OH is 2. The van der Waals surface area contributed by atoms with Crippen LogP contribution in [0.1, 0.15) is 78.6 Å². The molecule has 5 heteroatoms. The summed E-state index contributed by atoms with van der Waals surface area (Å²) in [6.07, 6.45) is 4.48. The molecule has 4 rings (SSSR count). The van der Waals surface area contributed by atoms with E-state index in [-0.39, 0.29) is 35.2 Å². The van der Waals surface area contributed by atoms with Gasteiger partial charge in [0.05, 0.1) is 12.2 Å². The molecule has 0 spiro atoms. The summed E-state index contributed by atoms with van der Waals surface area (Å²) in [5.41, 5.74) is 0.0173. The van der Waals surface area contributed by atoms with Crippen molar-refractivity contribution in [1.82, 2.24) is 0 Å². The van der Waals surface area contributed by atoms with Crippen LogP contribution in [0, 0.1) is 46.3 Å². The van der Waals surface area contributed by atoms with Gasteiger partial charge < -0.3 is 15.3 Å². The first-order valence-electron chi connectivity index (χ1n) is 11.8. The molecule has 0 radical (unpaired) electrons. The molecule has 29 heavy (non-hydrogen) atoms. The van der Waals surface area contributed by atoms with Crippen molar-refractivity contribution in [3.8, 4) is 0 Å². The Morgan fingerprint density at radius 2 is 1.72 bits per heavy atom. The SMILES string of the molecule is C[C@H](CCC(=O)O)[C@H]1CC[C@H]2[C@@H]3[C@H](O)C[C@@H]4C[C@H](O)[C@@H](F)C[C@]4(C)[C@H]3CC[C@]12C. The van der Waals surface area contributed by atoms with E-state index in [1.54, 1.807) is 0 Å². The molecule has 4 saturated carbocycles. The summed E-state index contributed by atoms with van der Waals surface area (Å²) in [7, 11) is 0. The summed E-state index contributed by atoms with van der Waals surface area (Å²) in [4.78, 5) is 11.0. The third kappa shape index (κ3) is 3.35. The van der Waals surface area contributed by atoms with Gasteiger partial charge in [0, 0.05) is 6.42 Å². The lowest BCUT2D eigenvalue weighted by Gasteiger charge is -2.62. The molecule has 3 N–H and O–H groups in total. The van der Waals surface area contributed by atoms with E-state index in [2.05, 4.69) is 20.8 Å². The van der Waals surface area contributed by atoms with Gasteiger partial charge >= 0.3 is 5.97 Å². The molecule has 0 unspecified atom stereocenters. The van der Waals surface area contributed by atoms with Crippen molar-refractivity contribution in [2.45, 2.75) is 96.9 Å². The van der Waals surface area contributed by atoms with E-state index >= 15 is 0 Å². The molecule has 0 saturated heterocycles. The number of hydrogen-bond donors (Lipinski definition) is 3. The van der Waals surface area contributed by atoms with Gasteiger partial charge in [0.1, 0.15) is 6.17 Å². The van der Waals surface area contributed by atoms with Gasteiger partial charge in [0.25, 0.3) is 0 Å². The zero-order valence-electron chi connectivity index (χ0n) is 18.2. The van der Waals surface area contributed by atoms with Crippen molar-refractivity contribution in [2.24, 2.45) is 46.3 Å². The molecule has 166 valence electrons. The Hall–Kier alpha value is -0.680. The second-order valence-corrected chi connectivity index (χ2v) is 11.5. The largest absolute Gasteiger partial charge is 0.481 e. The number of rotatable bonds is 4. The maximum atomic E-state index is 14.5. The molecular weight excluding hydrogens is 371 g/mol. The van der Waals surface area contributed by atoms with Crippen molar-refractivity contribution >= 4 is 5.97 Å². The molecule has 4 aliphatic rings. The number of aliphatic hydroxyl groups is 2. The third-order valence-electron chi connectivity index (χ3n) is 10.2. The summed E-state index contributed by atoms with van der Waals surface area (Å²) in [6.45, 7) is 6.81. The minimum atomic E-state index is -1.15. The fourth-order valence-electron chi connectivity index (χ4n) is 8.73. The minimum absolute atomic E-state index is 0.128. The van der Waals surface area contributed by atoms with E-state index in [4.69, 9.17) is 5.11 Å². The quantitative estimate of drug-likeness (QED) is 0.641. The van der Waals surface area contributed by atoms with Crippen LogP contribution in [0.5, 0.6) is 0 Å². The van der Waals surface area contributed by atoms with E-state index in [1.165, 1.54) is 0 Å². The monoisotopic (exact) mass is 410 g/mol. The highest BCUT2D eigenvalue weighted by atomic mass is 19.1. The van der Waals surface area contributed by atoms with E-state index in [0.717, 1.165) is 32.1 Å². The molecular formula is C24H39FO4. The predicted molar refractivity (Wildman–Crippen MR) is 109 cm³/mol. The van der Waals surface area contributed by atoms with Crippen LogP contribution in [0.4, 0.5) is 4.39 Å². The molecule has 0 aliphatic heterocycles. The highest BCUT2D eigenvalue weighted by Gasteiger charge is 2.63. The topological polar surface area (TPSA) is 77.8 Å². The normalized spacial score (nSPS) is 52.9. The van der Waals surface area contributed by atoms with Gasteiger partial charge in [-0.2, -0.15) is 0 Å². The number of alkyl halides is 1. The summed E-state index contributed by atoms with van der Waals surface area (Å²) in [5.74, 6) is 1.35. The number of hydrogen-bond acceptors (Lipinski definition) is 3. The Morgan fingerprint density at radius 1 is 1.07 bits per heavy atom. The molecule has 11 atom stereocenters. The van der Waals surface area contributed by atoms with Crippen LogP contribution in [0.3, 0.4) is 0 Å². The number of carboxylic acid groups (broad SMARTS) is 1. The molecule has 0 bridgehead atoms. The third-order valence-corrected chi connectivity index (χ3v) is 10.2. The first kappa shape index (κ1) is 21.5. The second-order valence-electron chi connectivity index (χ2n) is 11.5. The van der Waals surface area contributed by atoms with Gasteiger partial charge in [0.2, 0.25) is 0 Å². The van der Waals surface area contributed by atoms with Crippen LogP contribution in [0.2, 0.25) is 0 Å². The molecule has 4 nitrogen and oxygen atoms in total. The summed E-state index contributed by atoms with van der Waals surface area (Å²) < 4.78 is 14.5. The van der Waals surface area contributed by atoms with Crippen molar-refractivity contribution in [2.75, 3.05) is 0 Å². The molecule has 0 amide bonds. The van der Waals surface area contributed by atoms with E-state index in [1.807, 2.05) is 0 Å². The van der Waals surface area contributed by atoms with E-state index in [9.17, 15) is 19.4 Å². The van der Waals surface area contributed by atoms with Crippen LogP contribution in [-0.2, 0) is 4.79 Å². The molecule has 4 aliphatic carbocycles. The number of carbonyl (C=O) groups is 1. The maximum Gasteiger partial charge on any atom is 0.303 e. The molecule has 4 fully saturated rings. The first-order chi connectivity index (χ1) is 13.6. The molecule has 0 aromatic carbocycles. The van der Waals surface area contributed by atoms with Crippen LogP contribution in [0.25, 0.3) is 0 Å². The Labute approximate surface area is 174 Å². The number of aliphatic carboxylic acids is 1. The van der Waals surface area contributed by atoms with Gasteiger partial charge in [-0.05, 0) is 97.7 Å². The molecule has 0 heterocycles. The van der Waals surface area contributed by atoms with Gasteiger partial charge in [0.15, 0.2) is 0 Å². The molecule has 0 aromatic heterocycles. The fraction of sp³-hybridized carbons (Fsp3) is 0.958. The van der Waals surface area contributed by atoms with E-state index in [0.29, 0.717) is 42.9 Å². The van der Waals surface area contributed by atoms with Gasteiger partial charge in [-0.3, -0.25) is 4.79 Å². The van der Waals surface area contributed by atoms with Crippen molar-refractivity contribution < 1.29 is 24.5 Å². The van der Waals surface area contributed by atoms with Crippen molar-refractivity contribution in [3.63, 3.8) is 0 Å². The van der Waals surface area contributed by atoms with Crippen LogP contribution in [-0.4, -0.2) is 39.7 Å². The number of halogens is 1. The Balaban J connectivity index is 1.57. The zero-order chi connectivity index (χ0) is 21.1. The van der Waals surface area contributed by atoms with Crippen molar-refractivity contribution in [1.29, 1.82) is 0 Å². The highest BCUT2D eigenvalue weighted by molar-refractivity contribution is 5.66. The number of carboxylic acids is 1. The highest BCUT2D eigenvalue weighted by Crippen LogP contribution is 2.68. The van der Waals surface area contributed by atoms with Crippen LogP contribution >= 0.6 is 0 Å². The molecule has 0 aromatic rings. The van der Waals surface area contributed by atoms with Gasteiger partial charge in [-0.1, -0.05) is 20.8 Å².